The third-order valence-corrected chi connectivity index (χ3v) is 23.5. The van der Waals surface area contributed by atoms with Crippen molar-refractivity contribution < 1.29 is 0 Å². The van der Waals surface area contributed by atoms with Gasteiger partial charge in [-0.2, -0.15) is 0 Å². The van der Waals surface area contributed by atoms with E-state index in [1.165, 1.54) is 60.2 Å². The van der Waals surface area contributed by atoms with Crippen molar-refractivity contribution in [3.63, 3.8) is 0 Å². The monoisotopic (exact) mass is 1430 g/mol. The fraction of sp³-hybridized carbons (Fsp3) is 0. The minimum Gasteiger partial charge on any atom is -0.310 e. The summed E-state index contributed by atoms with van der Waals surface area (Å²) in [5.41, 5.74) is 37.3. The second-order valence-corrected chi connectivity index (χ2v) is 29.8. The molecular weight excluding hydrogens is 1360 g/mol. The Labute approximate surface area is 657 Å². The second-order valence-electron chi connectivity index (χ2n) is 29.8. The van der Waals surface area contributed by atoms with Crippen LogP contribution in [0, 0.1) is 0 Å². The van der Waals surface area contributed by atoms with Gasteiger partial charge in [-0.1, -0.05) is 370 Å². The molecule has 0 radical (unpaired) electrons. The van der Waals surface area contributed by atoms with Crippen molar-refractivity contribution in [2.24, 2.45) is 0 Å². The smallest absolute Gasteiger partial charge is 0.252 e. The molecule has 113 heavy (non-hydrogen) atoms. The predicted molar refractivity (Wildman–Crippen MR) is 478 cm³/mol. The fourth-order valence-corrected chi connectivity index (χ4v) is 18.3. The number of aromatic nitrogens is 2. The van der Waals surface area contributed by atoms with E-state index < -0.39 is 0 Å². The highest BCUT2D eigenvalue weighted by molar-refractivity contribution is 7.00. The first kappa shape index (κ1) is 65.3. The van der Waals surface area contributed by atoms with Crippen LogP contribution in [0.3, 0.4) is 0 Å². The van der Waals surface area contributed by atoms with Gasteiger partial charge in [-0.05, 0) is 155 Å². The van der Waals surface area contributed by atoms with Gasteiger partial charge in [-0.3, -0.25) is 0 Å². The lowest BCUT2D eigenvalue weighted by atomic mass is 9.33. The van der Waals surface area contributed by atoms with Crippen LogP contribution in [-0.2, 0) is 0 Å². The molecule has 0 fully saturated rings. The molecule has 526 valence electrons. The predicted octanol–water partition coefficient (Wildman–Crippen LogP) is 27.0. The van der Waals surface area contributed by atoms with Gasteiger partial charge in [-0.25, -0.2) is 0 Å². The Bertz CT molecular complexity index is 6350. The zero-order valence-corrected chi connectivity index (χ0v) is 61.9. The van der Waals surface area contributed by atoms with Gasteiger partial charge in [0.15, 0.2) is 0 Å². The number of benzene rings is 18. The van der Waals surface area contributed by atoms with Gasteiger partial charge in [0.05, 0.1) is 33.4 Å². The molecular formula is C108H71BN4. The standard InChI is InChI=1S/C108H71BN4/c1-10-30-72(31-11-1)81-52-58-92-93-59-53-82(73-32-12-2-13-33-73)65-99(93)110(98(92)64-81)86-56-62-96-102(70-86)112(107-88(77-40-20-6-21-41-77)48-28-49-89(107)78-42-22-7-23-43-78)104-68-85(76-38-18-5-19-39-76)69-105-106(104)109(96)97-63-57-87(71-103(97)113(105)108-90(79-44-24-8-25-45-79)50-29-51-91(108)80-46-26-9-27-47-80)111-100-66-83(74-34-14-3-15-35-74)54-60-94(100)95-61-55-84(67-101(95)111)75-36-16-4-17-37-75/h1-71H. The normalized spacial score (nSPS) is 12.2. The molecule has 0 bridgehead atoms. The van der Waals surface area contributed by atoms with Crippen molar-refractivity contribution in [3.8, 4) is 112 Å². The highest BCUT2D eigenvalue weighted by Gasteiger charge is 2.46. The third kappa shape index (κ3) is 11.0. The summed E-state index contributed by atoms with van der Waals surface area (Å²) in [5, 5.41) is 4.76. The van der Waals surface area contributed by atoms with Crippen molar-refractivity contribution in [1.82, 2.24) is 9.13 Å². The lowest BCUT2D eigenvalue weighted by Crippen LogP contribution is -2.61. The SMILES string of the molecule is c1ccc(-c2cc3c4c(c2)N(c2c(-c5ccccc5)cccc2-c2ccccc2)c2cc(-n5c6cc(-c7ccccc7)ccc6c6ccc(-c7ccccc7)cc65)ccc2B4c2ccc(-n4c5cc(-c6ccccc6)ccc5c5ccc(-c6ccccc6)cc54)cc2N3c2c(-c3ccccc3)cccc2-c2ccccc2)cc1. The molecule has 0 N–H and O–H groups in total. The maximum absolute atomic E-state index is 2.69. The van der Waals surface area contributed by atoms with E-state index in [0.717, 1.165) is 145 Å². The van der Waals surface area contributed by atoms with E-state index >= 15 is 0 Å². The Morgan fingerprint density at radius 3 is 0.681 bits per heavy atom. The van der Waals surface area contributed by atoms with E-state index in [2.05, 4.69) is 450 Å². The van der Waals surface area contributed by atoms with Crippen LogP contribution in [0.4, 0.5) is 34.1 Å². The summed E-state index contributed by atoms with van der Waals surface area (Å²) in [4.78, 5) is 5.38. The molecule has 20 aromatic rings. The summed E-state index contributed by atoms with van der Waals surface area (Å²) in [6.07, 6.45) is 0. The summed E-state index contributed by atoms with van der Waals surface area (Å²) in [5.74, 6) is 0. The third-order valence-electron chi connectivity index (χ3n) is 23.5. The molecule has 4 nitrogen and oxygen atoms in total. The fourth-order valence-electron chi connectivity index (χ4n) is 18.3. The Morgan fingerprint density at radius 2 is 0.416 bits per heavy atom. The van der Waals surface area contributed by atoms with E-state index in [1.807, 2.05) is 0 Å². The van der Waals surface area contributed by atoms with Gasteiger partial charge in [-0.15, -0.1) is 0 Å². The average molecular weight is 1440 g/mol. The summed E-state index contributed by atoms with van der Waals surface area (Å²) >= 11 is 0. The van der Waals surface area contributed by atoms with Gasteiger partial charge < -0.3 is 18.9 Å². The molecule has 2 aliphatic heterocycles. The summed E-state index contributed by atoms with van der Waals surface area (Å²) in [6.45, 7) is -0.307. The largest absolute Gasteiger partial charge is 0.310 e. The zero-order valence-electron chi connectivity index (χ0n) is 61.9. The molecule has 18 aromatic carbocycles. The maximum Gasteiger partial charge on any atom is 0.252 e. The van der Waals surface area contributed by atoms with E-state index in [1.54, 1.807) is 0 Å². The number of hydrogen-bond donors (Lipinski definition) is 0. The lowest BCUT2D eigenvalue weighted by molar-refractivity contribution is 1.17. The van der Waals surface area contributed by atoms with Crippen LogP contribution in [0.2, 0.25) is 0 Å². The molecule has 0 amide bonds. The molecule has 2 aliphatic rings. The van der Waals surface area contributed by atoms with Gasteiger partial charge in [0, 0.05) is 77.9 Å². The average Bonchev–Trinajstić information content (AvgIpc) is 1.19. The molecule has 4 heterocycles. The first-order valence-electron chi connectivity index (χ1n) is 39.1. The van der Waals surface area contributed by atoms with Crippen molar-refractivity contribution in [2.75, 3.05) is 9.80 Å². The van der Waals surface area contributed by atoms with E-state index in [9.17, 15) is 0 Å². The molecule has 5 heteroatoms. The van der Waals surface area contributed by atoms with Crippen LogP contribution < -0.4 is 26.2 Å². The summed E-state index contributed by atoms with van der Waals surface area (Å²) in [7, 11) is 0. The van der Waals surface area contributed by atoms with Crippen LogP contribution in [0.5, 0.6) is 0 Å². The number of para-hydroxylation sites is 2. The van der Waals surface area contributed by atoms with E-state index in [4.69, 9.17) is 0 Å². The minimum absolute atomic E-state index is 0.307. The molecule has 0 atom stereocenters. The van der Waals surface area contributed by atoms with Crippen molar-refractivity contribution in [2.45, 2.75) is 0 Å². The molecule has 22 rings (SSSR count). The Kier molecular flexibility index (Phi) is 15.7. The van der Waals surface area contributed by atoms with Crippen LogP contribution in [0.15, 0.2) is 431 Å². The van der Waals surface area contributed by atoms with Crippen LogP contribution >= 0.6 is 0 Å². The number of fused-ring (bicyclic) bond motifs is 10. The highest BCUT2D eigenvalue weighted by Crippen LogP contribution is 2.55. The Morgan fingerprint density at radius 1 is 0.168 bits per heavy atom. The Balaban J connectivity index is 0.898. The molecule has 0 saturated heterocycles. The van der Waals surface area contributed by atoms with E-state index in [-0.39, 0.29) is 6.71 Å². The number of nitrogens with zero attached hydrogens (tertiary/aromatic N) is 4. The van der Waals surface area contributed by atoms with Crippen molar-refractivity contribution in [3.05, 3.63) is 431 Å². The second kappa shape index (κ2) is 27.1. The molecule has 0 saturated carbocycles. The molecule has 0 aliphatic carbocycles. The molecule has 0 unspecified atom stereocenters. The summed E-state index contributed by atoms with van der Waals surface area (Å²) in [6, 6.07) is 161. The number of hydrogen-bond acceptors (Lipinski definition) is 2. The van der Waals surface area contributed by atoms with Gasteiger partial charge in [0.1, 0.15) is 0 Å². The van der Waals surface area contributed by atoms with Crippen molar-refractivity contribution in [1.29, 1.82) is 0 Å². The van der Waals surface area contributed by atoms with Gasteiger partial charge in [0.2, 0.25) is 0 Å². The van der Waals surface area contributed by atoms with E-state index in [0.29, 0.717) is 0 Å². The first-order chi connectivity index (χ1) is 56.1. The Hall–Kier alpha value is -14.8. The van der Waals surface area contributed by atoms with Crippen LogP contribution in [0.1, 0.15) is 0 Å². The number of rotatable bonds is 13. The van der Waals surface area contributed by atoms with Crippen LogP contribution in [0.25, 0.3) is 155 Å². The number of anilines is 6. The minimum atomic E-state index is -0.307. The van der Waals surface area contributed by atoms with Gasteiger partial charge in [0.25, 0.3) is 6.71 Å². The topological polar surface area (TPSA) is 16.3 Å². The van der Waals surface area contributed by atoms with Gasteiger partial charge >= 0.3 is 0 Å². The summed E-state index contributed by atoms with van der Waals surface area (Å²) < 4.78 is 5.11. The maximum atomic E-state index is 2.69. The molecule has 0 spiro atoms. The lowest BCUT2D eigenvalue weighted by Gasteiger charge is -2.46. The molecule has 2 aromatic heterocycles. The zero-order chi connectivity index (χ0) is 74.5. The van der Waals surface area contributed by atoms with Crippen LogP contribution in [-0.4, -0.2) is 15.8 Å². The highest BCUT2D eigenvalue weighted by atomic mass is 15.2. The quantitative estimate of drug-likeness (QED) is 0.107. The first-order valence-corrected chi connectivity index (χ1v) is 39.1. The van der Waals surface area contributed by atoms with Crippen molar-refractivity contribution >= 4 is 101 Å².